The van der Waals surface area contributed by atoms with Gasteiger partial charge >= 0.3 is 0 Å². The zero-order valence-electron chi connectivity index (χ0n) is 46.8. The molecule has 4 heterocycles. The molecule has 3 atom stereocenters. The minimum atomic E-state index is -0.702. The fourth-order valence-electron chi connectivity index (χ4n) is 10.2. The van der Waals surface area contributed by atoms with Crippen molar-refractivity contribution in [2.75, 3.05) is 53.6 Å². The third-order valence-electron chi connectivity index (χ3n) is 14.7. The number of imidazole rings is 1. The first-order valence-corrected chi connectivity index (χ1v) is 27.4. The number of aryl methyl sites for hydroxylation is 4. The second-order valence-corrected chi connectivity index (χ2v) is 20.6. The molecular formula is C61H79N9O8. The Morgan fingerprint density at radius 3 is 1.51 bits per heavy atom. The standard InChI is InChI=1S/C31H40N4O4.C30H39N5O4/c1-5-6-17-39-31(26-10-8-7-9-22(26)2)19-35(20-31)30(37)28(18-24-11-13-25(38-4)14-12-24)34-29(36)16-15-27-23(3)32-21-33-27;1-5-6-17-39-30(25-10-8-7-9-21(25)2)19-35(20-30)29(37)26(18-23-11-13-24(38-4)14-12-23)32-28(36)16-15-27-31-22(3)33-34-27/h7-14,21,28H,5-6,15-20H2,1-4H3,(H,32,33)(H,34,36);7-14,26-27H,5-6,15-20H2,1-4H3,(H,32,36)/t28-;26-,27?/m11/s1. The molecular weight excluding hydrogens is 987 g/mol. The second kappa shape index (κ2) is 27.9. The maximum absolute atomic E-state index is 13.8. The predicted octanol–water partition coefficient (Wildman–Crippen LogP) is 8.83. The molecule has 5 aromatic rings. The Labute approximate surface area is 460 Å². The highest BCUT2D eigenvalue weighted by Crippen LogP contribution is 2.40. The van der Waals surface area contributed by atoms with Crippen LogP contribution in [-0.2, 0) is 59.1 Å². The molecule has 17 nitrogen and oxygen atoms in total. The molecule has 0 saturated carbocycles. The molecule has 3 aliphatic heterocycles. The Morgan fingerprint density at radius 2 is 1.12 bits per heavy atom. The monoisotopic (exact) mass is 1070 g/mol. The van der Waals surface area contributed by atoms with Crippen LogP contribution in [0.5, 0.6) is 11.5 Å². The minimum absolute atomic E-state index is 0.0970. The van der Waals surface area contributed by atoms with Gasteiger partial charge in [0.15, 0.2) is 6.17 Å². The highest BCUT2D eigenvalue weighted by molar-refractivity contribution is 5.90. The number of hydrogen-bond donors (Lipinski definition) is 3. The lowest BCUT2D eigenvalue weighted by Crippen LogP contribution is -2.66. The molecule has 0 spiro atoms. The van der Waals surface area contributed by atoms with Crippen LogP contribution in [-0.4, -0.2) is 121 Å². The summed E-state index contributed by atoms with van der Waals surface area (Å²) in [6.45, 7) is 15.2. The van der Waals surface area contributed by atoms with E-state index in [1.807, 2.05) is 84.6 Å². The molecule has 4 amide bonds. The van der Waals surface area contributed by atoms with Crippen molar-refractivity contribution in [1.29, 1.82) is 0 Å². The second-order valence-electron chi connectivity index (χ2n) is 20.6. The van der Waals surface area contributed by atoms with Gasteiger partial charge in [0.1, 0.15) is 40.6 Å². The van der Waals surface area contributed by atoms with Crippen molar-refractivity contribution < 1.29 is 38.1 Å². The highest BCUT2D eigenvalue weighted by atomic mass is 16.5. The van der Waals surface area contributed by atoms with E-state index in [1.165, 1.54) is 0 Å². The van der Waals surface area contributed by atoms with Crippen molar-refractivity contribution in [2.24, 2.45) is 15.2 Å². The third-order valence-corrected chi connectivity index (χ3v) is 14.7. The Morgan fingerprint density at radius 1 is 0.654 bits per heavy atom. The first-order chi connectivity index (χ1) is 37.7. The minimum Gasteiger partial charge on any atom is -0.497 e. The van der Waals surface area contributed by atoms with Crippen LogP contribution in [0.2, 0.25) is 0 Å². The van der Waals surface area contributed by atoms with E-state index >= 15 is 0 Å². The number of hydrogen-bond acceptors (Lipinski definition) is 12. The molecule has 3 aliphatic rings. The average molecular weight is 1070 g/mol. The summed E-state index contributed by atoms with van der Waals surface area (Å²) in [5.74, 6) is 1.52. The summed E-state index contributed by atoms with van der Waals surface area (Å²) in [6.07, 6.45) is 7.52. The number of amidine groups is 1. The number of carbonyl (C=O) groups excluding carboxylic acids is 4. The van der Waals surface area contributed by atoms with Gasteiger partial charge in [-0.25, -0.2) is 9.98 Å². The van der Waals surface area contributed by atoms with Crippen LogP contribution < -0.4 is 20.1 Å². The van der Waals surface area contributed by atoms with Crippen LogP contribution in [0.1, 0.15) is 110 Å². The maximum atomic E-state index is 13.8. The number of azo groups is 1. The van der Waals surface area contributed by atoms with E-state index in [4.69, 9.17) is 18.9 Å². The number of ether oxygens (including phenoxy) is 4. The Kier molecular flexibility index (Phi) is 20.9. The lowest BCUT2D eigenvalue weighted by molar-refractivity contribution is -0.175. The number of nitrogens with one attached hydrogen (secondary N) is 3. The zero-order valence-corrected chi connectivity index (χ0v) is 46.8. The molecule has 1 aromatic heterocycles. The Balaban J connectivity index is 0.000000226. The summed E-state index contributed by atoms with van der Waals surface area (Å²) >= 11 is 0. The number of carbonyl (C=O) groups is 4. The van der Waals surface area contributed by atoms with Crippen LogP contribution >= 0.6 is 0 Å². The molecule has 8 rings (SSSR count). The van der Waals surface area contributed by atoms with Gasteiger partial charge < -0.3 is 44.4 Å². The summed E-state index contributed by atoms with van der Waals surface area (Å²) < 4.78 is 23.4. The SMILES string of the molecule is CCCCOC1(c2ccccc2C)CN(C(=O)[C@@H](Cc2ccc(OC)cc2)NC(=O)CCC2N=NC(C)=N2)C1.CCCCOC1(c2ccccc2C)CN(C(=O)[C@@H](Cc2ccc(OC)cc2)NC(=O)CCc2[nH]cnc2C)C1. The molecule has 4 aromatic carbocycles. The number of nitrogens with zero attached hydrogens (tertiary/aromatic N) is 6. The number of methoxy groups -OCH3 is 2. The number of likely N-dealkylation sites (tertiary alicyclic amines) is 2. The zero-order chi connectivity index (χ0) is 55.7. The molecule has 2 fully saturated rings. The molecule has 2 saturated heterocycles. The number of aromatic nitrogens is 2. The van der Waals surface area contributed by atoms with E-state index in [9.17, 15) is 19.2 Å². The summed E-state index contributed by atoms with van der Waals surface area (Å²) in [5.41, 5.74) is 7.16. The Bertz CT molecular complexity index is 2840. The molecule has 0 aliphatic carbocycles. The first-order valence-electron chi connectivity index (χ1n) is 27.4. The predicted molar refractivity (Wildman–Crippen MR) is 300 cm³/mol. The van der Waals surface area contributed by atoms with Crippen molar-refractivity contribution in [3.8, 4) is 11.5 Å². The van der Waals surface area contributed by atoms with Gasteiger partial charge in [-0.2, -0.15) is 5.11 Å². The van der Waals surface area contributed by atoms with Crippen molar-refractivity contribution in [2.45, 2.75) is 135 Å². The number of unbranched alkanes of at least 4 members (excludes halogenated alkanes) is 2. The summed E-state index contributed by atoms with van der Waals surface area (Å²) in [6, 6.07) is 30.2. The molecule has 17 heteroatoms. The van der Waals surface area contributed by atoms with E-state index in [0.29, 0.717) is 70.9 Å². The highest BCUT2D eigenvalue weighted by Gasteiger charge is 2.51. The van der Waals surface area contributed by atoms with Crippen molar-refractivity contribution in [1.82, 2.24) is 30.4 Å². The van der Waals surface area contributed by atoms with Gasteiger partial charge in [-0.15, -0.1) is 5.11 Å². The van der Waals surface area contributed by atoms with Crippen LogP contribution in [0, 0.1) is 20.8 Å². The van der Waals surface area contributed by atoms with Crippen molar-refractivity contribution in [3.63, 3.8) is 0 Å². The topological polar surface area (TPSA) is 202 Å². The molecule has 1 unspecified atom stereocenters. The summed E-state index contributed by atoms with van der Waals surface area (Å²) in [7, 11) is 3.24. The van der Waals surface area contributed by atoms with E-state index in [-0.39, 0.29) is 42.6 Å². The van der Waals surface area contributed by atoms with E-state index < -0.39 is 23.3 Å². The molecule has 416 valence electrons. The number of amides is 4. The van der Waals surface area contributed by atoms with Crippen LogP contribution in [0.3, 0.4) is 0 Å². The van der Waals surface area contributed by atoms with Gasteiger partial charge in [-0.3, -0.25) is 19.2 Å². The number of rotatable bonds is 26. The number of aromatic amines is 1. The van der Waals surface area contributed by atoms with Crippen LogP contribution in [0.25, 0.3) is 0 Å². The van der Waals surface area contributed by atoms with Gasteiger partial charge in [0, 0.05) is 51.0 Å². The fraction of sp³-hybridized carbons (Fsp3) is 0.475. The summed E-state index contributed by atoms with van der Waals surface area (Å²) in [5, 5.41) is 14.0. The van der Waals surface area contributed by atoms with Crippen molar-refractivity contribution in [3.05, 3.63) is 148 Å². The van der Waals surface area contributed by atoms with E-state index in [0.717, 1.165) is 82.0 Å². The van der Waals surface area contributed by atoms with E-state index in [2.05, 4.69) is 87.8 Å². The summed E-state index contributed by atoms with van der Waals surface area (Å²) in [4.78, 5) is 68.7. The van der Waals surface area contributed by atoms with Gasteiger partial charge in [0.2, 0.25) is 23.6 Å². The number of H-pyrrole nitrogens is 1. The molecule has 78 heavy (non-hydrogen) atoms. The van der Waals surface area contributed by atoms with Gasteiger partial charge in [0.25, 0.3) is 0 Å². The Hall–Kier alpha value is -7.24. The maximum Gasteiger partial charge on any atom is 0.245 e. The lowest BCUT2D eigenvalue weighted by atomic mass is 9.82. The molecule has 0 radical (unpaired) electrons. The van der Waals surface area contributed by atoms with Gasteiger partial charge in [-0.05, 0) is 105 Å². The number of aliphatic imine (C=N–C) groups is 1. The van der Waals surface area contributed by atoms with Gasteiger partial charge in [0.05, 0.1) is 52.4 Å². The molecule has 0 bridgehead atoms. The van der Waals surface area contributed by atoms with Crippen molar-refractivity contribution >= 4 is 29.5 Å². The third kappa shape index (κ3) is 15.3. The van der Waals surface area contributed by atoms with Crippen LogP contribution in [0.4, 0.5) is 0 Å². The first kappa shape index (κ1) is 58.4. The van der Waals surface area contributed by atoms with E-state index in [1.54, 1.807) is 32.4 Å². The quantitative estimate of drug-likeness (QED) is 0.0453. The fourth-order valence-corrected chi connectivity index (χ4v) is 10.2. The van der Waals surface area contributed by atoms with Gasteiger partial charge in [-0.1, -0.05) is 99.5 Å². The average Bonchev–Trinajstić information content (AvgIpc) is 4.05. The lowest BCUT2D eigenvalue weighted by Gasteiger charge is -2.51. The van der Waals surface area contributed by atoms with Crippen LogP contribution in [0.15, 0.2) is 119 Å². The largest absolute Gasteiger partial charge is 0.497 e. The smallest absolute Gasteiger partial charge is 0.245 e. The normalized spacial score (nSPS) is 16.6. The molecule has 3 N–H and O–H groups in total. The number of benzene rings is 4.